The molecule has 1 N–H and O–H groups in total. The predicted molar refractivity (Wildman–Crippen MR) is 75.2 cm³/mol. The molecule has 7 heteroatoms. The molecule has 0 aromatic heterocycles. The van der Waals surface area contributed by atoms with E-state index in [1.54, 1.807) is 19.1 Å². The summed E-state index contributed by atoms with van der Waals surface area (Å²) < 4.78 is 5.44. The third kappa shape index (κ3) is 5.25. The normalized spacial score (nSPS) is 10.0. The summed E-state index contributed by atoms with van der Waals surface area (Å²) in [5.74, 6) is -0.255. The van der Waals surface area contributed by atoms with Crippen molar-refractivity contribution < 1.29 is 14.5 Å². The van der Waals surface area contributed by atoms with Gasteiger partial charge in [-0.2, -0.15) is 0 Å². The van der Waals surface area contributed by atoms with Crippen molar-refractivity contribution in [2.75, 3.05) is 18.5 Å². The highest BCUT2D eigenvalue weighted by atomic mass is 79.9. The summed E-state index contributed by atoms with van der Waals surface area (Å²) in [7, 11) is 0. The first-order valence-electron chi connectivity index (χ1n) is 5.88. The first-order chi connectivity index (χ1) is 9.04. The maximum absolute atomic E-state index is 11.1. The van der Waals surface area contributed by atoms with Crippen LogP contribution >= 0.6 is 15.9 Å². The van der Waals surface area contributed by atoms with Gasteiger partial charge in [0.25, 0.3) is 5.69 Å². The summed E-state index contributed by atoms with van der Waals surface area (Å²) in [5.41, 5.74) is 0.447. The Labute approximate surface area is 119 Å². The molecule has 0 heterocycles. The van der Waals surface area contributed by atoms with Gasteiger partial charge in [-0.3, -0.25) is 14.9 Å². The van der Waals surface area contributed by atoms with Crippen LogP contribution in [0.5, 0.6) is 0 Å². The fourth-order valence-electron chi connectivity index (χ4n) is 1.49. The number of rotatable bonds is 7. The van der Waals surface area contributed by atoms with Crippen molar-refractivity contribution in [2.45, 2.75) is 19.8 Å². The predicted octanol–water partition coefficient (Wildman–Crippen LogP) is 3.11. The van der Waals surface area contributed by atoms with E-state index in [9.17, 15) is 14.9 Å². The van der Waals surface area contributed by atoms with E-state index in [-0.39, 0.29) is 11.7 Å². The Morgan fingerprint density at radius 1 is 1.53 bits per heavy atom. The van der Waals surface area contributed by atoms with E-state index in [4.69, 9.17) is 4.74 Å². The van der Waals surface area contributed by atoms with Gasteiger partial charge in [-0.1, -0.05) is 15.9 Å². The van der Waals surface area contributed by atoms with Gasteiger partial charge in [-0.05, 0) is 25.5 Å². The second kappa shape index (κ2) is 7.73. The van der Waals surface area contributed by atoms with Crippen LogP contribution in [0.3, 0.4) is 0 Å². The first kappa shape index (κ1) is 15.4. The summed E-state index contributed by atoms with van der Waals surface area (Å²) in [6.07, 6.45) is 0.858. The minimum absolute atomic E-state index is 0.00510. The van der Waals surface area contributed by atoms with Crippen molar-refractivity contribution in [1.29, 1.82) is 0 Å². The molecule has 0 spiro atoms. The summed E-state index contributed by atoms with van der Waals surface area (Å²) in [6, 6.07) is 4.79. The molecule has 0 unspecified atom stereocenters. The van der Waals surface area contributed by atoms with Gasteiger partial charge in [0.2, 0.25) is 0 Å². The van der Waals surface area contributed by atoms with Gasteiger partial charge in [0.1, 0.15) is 5.69 Å². The fourth-order valence-corrected chi connectivity index (χ4v) is 1.84. The van der Waals surface area contributed by atoms with Crippen LogP contribution in [0.25, 0.3) is 0 Å². The van der Waals surface area contributed by atoms with Gasteiger partial charge in [0.05, 0.1) is 11.5 Å². The minimum Gasteiger partial charge on any atom is -0.466 e. The number of ether oxygens (including phenoxy) is 1. The van der Waals surface area contributed by atoms with E-state index in [2.05, 4.69) is 21.2 Å². The number of carbonyl (C=O) groups excluding carboxylic acids is 1. The zero-order valence-electron chi connectivity index (χ0n) is 10.5. The molecular formula is C12H15BrN2O4. The number of halogens is 1. The van der Waals surface area contributed by atoms with Crippen LogP contribution in [0.2, 0.25) is 0 Å². The molecule has 19 heavy (non-hydrogen) atoms. The van der Waals surface area contributed by atoms with Crippen molar-refractivity contribution >= 4 is 33.3 Å². The van der Waals surface area contributed by atoms with Gasteiger partial charge in [0.15, 0.2) is 0 Å². The van der Waals surface area contributed by atoms with Gasteiger partial charge in [-0.15, -0.1) is 0 Å². The highest BCUT2D eigenvalue weighted by molar-refractivity contribution is 9.10. The molecule has 0 bridgehead atoms. The van der Waals surface area contributed by atoms with Crippen LogP contribution in [0.15, 0.2) is 22.7 Å². The van der Waals surface area contributed by atoms with E-state index in [1.807, 2.05) is 0 Å². The number of esters is 1. The summed E-state index contributed by atoms with van der Waals surface area (Å²) in [6.45, 7) is 2.59. The Hall–Kier alpha value is -1.63. The molecule has 0 saturated heterocycles. The maximum Gasteiger partial charge on any atom is 0.305 e. The number of hydrogen-bond acceptors (Lipinski definition) is 5. The lowest BCUT2D eigenvalue weighted by Gasteiger charge is -2.07. The maximum atomic E-state index is 11.1. The van der Waals surface area contributed by atoms with Gasteiger partial charge in [-0.25, -0.2) is 0 Å². The molecule has 0 amide bonds. The fraction of sp³-hybridized carbons (Fsp3) is 0.417. The quantitative estimate of drug-likeness (QED) is 0.359. The smallest absolute Gasteiger partial charge is 0.305 e. The van der Waals surface area contributed by atoms with E-state index < -0.39 is 4.92 Å². The van der Waals surface area contributed by atoms with Crippen LogP contribution < -0.4 is 5.32 Å². The Bertz CT molecular complexity index is 465. The lowest BCUT2D eigenvalue weighted by atomic mass is 10.2. The second-order valence-corrected chi connectivity index (χ2v) is 4.67. The molecule has 1 aromatic carbocycles. The standard InChI is InChI=1S/C12H15BrN2O4/c1-2-19-12(16)4-3-7-14-10-6-5-9(13)8-11(10)15(17)18/h5-6,8,14H,2-4,7H2,1H3. The number of carbonyl (C=O) groups is 1. The number of nitro groups is 1. The SMILES string of the molecule is CCOC(=O)CCCNc1ccc(Br)cc1[N+](=O)[O-]. The monoisotopic (exact) mass is 330 g/mol. The van der Waals surface area contributed by atoms with Crippen molar-refractivity contribution in [2.24, 2.45) is 0 Å². The van der Waals surface area contributed by atoms with Gasteiger partial charge >= 0.3 is 5.97 Å². The average molecular weight is 331 g/mol. The Kier molecular flexibility index (Phi) is 6.27. The molecule has 0 atom stereocenters. The lowest BCUT2D eigenvalue weighted by Crippen LogP contribution is -2.09. The lowest BCUT2D eigenvalue weighted by molar-refractivity contribution is -0.384. The van der Waals surface area contributed by atoms with Gasteiger partial charge < -0.3 is 10.1 Å². The molecule has 1 rings (SSSR count). The average Bonchev–Trinajstić information content (AvgIpc) is 2.36. The third-order valence-electron chi connectivity index (χ3n) is 2.33. The van der Waals surface area contributed by atoms with Crippen LogP contribution in [0, 0.1) is 10.1 Å². The number of benzene rings is 1. The molecule has 0 saturated carbocycles. The number of nitrogens with zero attached hydrogens (tertiary/aromatic N) is 1. The number of nitrogens with one attached hydrogen (secondary N) is 1. The van der Waals surface area contributed by atoms with Crippen LogP contribution in [0.4, 0.5) is 11.4 Å². The topological polar surface area (TPSA) is 81.5 Å². The molecule has 104 valence electrons. The molecule has 0 aliphatic heterocycles. The largest absolute Gasteiger partial charge is 0.466 e. The minimum atomic E-state index is -0.446. The highest BCUT2D eigenvalue weighted by Crippen LogP contribution is 2.27. The van der Waals surface area contributed by atoms with Crippen LogP contribution in [-0.2, 0) is 9.53 Å². The molecule has 6 nitrogen and oxygen atoms in total. The van der Waals surface area contributed by atoms with E-state index >= 15 is 0 Å². The number of nitro benzene ring substituents is 1. The van der Waals surface area contributed by atoms with E-state index in [0.717, 1.165) is 0 Å². The van der Waals surface area contributed by atoms with E-state index in [0.29, 0.717) is 36.2 Å². The first-order valence-corrected chi connectivity index (χ1v) is 6.67. The van der Waals surface area contributed by atoms with Crippen molar-refractivity contribution in [1.82, 2.24) is 0 Å². The van der Waals surface area contributed by atoms with Crippen molar-refractivity contribution in [3.05, 3.63) is 32.8 Å². The molecule has 0 aliphatic carbocycles. The molecule has 0 radical (unpaired) electrons. The Morgan fingerprint density at radius 2 is 2.26 bits per heavy atom. The summed E-state index contributed by atoms with van der Waals surface area (Å²) >= 11 is 3.19. The molecular weight excluding hydrogens is 316 g/mol. The second-order valence-electron chi connectivity index (χ2n) is 3.75. The van der Waals surface area contributed by atoms with Crippen molar-refractivity contribution in [3.63, 3.8) is 0 Å². The van der Waals surface area contributed by atoms with Gasteiger partial charge in [0, 0.05) is 23.5 Å². The van der Waals surface area contributed by atoms with Crippen LogP contribution in [-0.4, -0.2) is 24.0 Å². The Morgan fingerprint density at radius 3 is 2.89 bits per heavy atom. The molecule has 1 aromatic rings. The number of anilines is 1. The summed E-state index contributed by atoms with van der Waals surface area (Å²) in [5, 5.41) is 13.8. The van der Waals surface area contributed by atoms with Crippen LogP contribution in [0.1, 0.15) is 19.8 Å². The van der Waals surface area contributed by atoms with Crippen molar-refractivity contribution in [3.8, 4) is 0 Å². The van der Waals surface area contributed by atoms with E-state index in [1.165, 1.54) is 6.07 Å². The third-order valence-corrected chi connectivity index (χ3v) is 2.83. The Balaban J connectivity index is 2.49. The molecule has 0 aliphatic rings. The zero-order valence-corrected chi connectivity index (χ0v) is 12.1. The zero-order chi connectivity index (χ0) is 14.3. The molecule has 0 fully saturated rings. The summed E-state index contributed by atoms with van der Waals surface area (Å²) in [4.78, 5) is 21.5. The number of hydrogen-bond donors (Lipinski definition) is 1. The highest BCUT2D eigenvalue weighted by Gasteiger charge is 2.13.